The predicted molar refractivity (Wildman–Crippen MR) is 112 cm³/mol. The third-order valence-corrected chi connectivity index (χ3v) is 6.77. The number of benzene rings is 1. The Balaban J connectivity index is 1.66. The fourth-order valence-corrected chi connectivity index (χ4v) is 5.32. The number of aromatic nitrogens is 2. The highest BCUT2D eigenvalue weighted by Gasteiger charge is 2.21. The number of carboxylic acids is 1. The van der Waals surface area contributed by atoms with Gasteiger partial charge in [0, 0.05) is 11.4 Å². The first kappa shape index (κ1) is 19.1. The number of anilines is 1. The van der Waals surface area contributed by atoms with Crippen molar-refractivity contribution in [1.82, 2.24) is 9.97 Å². The summed E-state index contributed by atoms with van der Waals surface area (Å²) in [6, 6.07) is 6.51. The summed E-state index contributed by atoms with van der Waals surface area (Å²) in [5.41, 5.74) is 2.18. The summed E-state index contributed by atoms with van der Waals surface area (Å²) < 4.78 is 13.5. The zero-order valence-electron chi connectivity index (χ0n) is 15.2. The van der Waals surface area contributed by atoms with Crippen LogP contribution in [0, 0.1) is 5.82 Å². The number of carboxylic acid groups (broad SMARTS) is 1. The van der Waals surface area contributed by atoms with Crippen LogP contribution in [0.1, 0.15) is 34.7 Å². The average molecular weight is 418 g/mol. The molecule has 0 bridgehead atoms. The maximum Gasteiger partial charge on any atom is 0.313 e. The number of nitrogens with zero attached hydrogens (tertiary/aromatic N) is 2. The van der Waals surface area contributed by atoms with E-state index in [1.54, 1.807) is 17.4 Å². The Kier molecular flexibility index (Phi) is 5.77. The van der Waals surface area contributed by atoms with Crippen LogP contribution in [0.25, 0.3) is 10.2 Å². The molecule has 0 atom stereocenters. The van der Waals surface area contributed by atoms with Gasteiger partial charge in [-0.05, 0) is 48.9 Å². The molecule has 2 heterocycles. The van der Waals surface area contributed by atoms with Crippen molar-refractivity contribution < 1.29 is 14.3 Å². The lowest BCUT2D eigenvalue weighted by Crippen LogP contribution is -2.07. The van der Waals surface area contributed by atoms with Crippen LogP contribution in [-0.4, -0.2) is 26.8 Å². The summed E-state index contributed by atoms with van der Waals surface area (Å²) in [6.07, 6.45) is 4.46. The molecule has 1 aliphatic rings. The normalized spacial score (nSPS) is 13.5. The number of halogens is 1. The highest BCUT2D eigenvalue weighted by Crippen LogP contribution is 2.39. The van der Waals surface area contributed by atoms with Crippen LogP contribution in [-0.2, 0) is 29.9 Å². The van der Waals surface area contributed by atoms with Gasteiger partial charge >= 0.3 is 5.97 Å². The molecule has 0 spiro atoms. The molecule has 0 saturated heterocycles. The number of carbonyl (C=O) groups is 1. The van der Waals surface area contributed by atoms with E-state index in [2.05, 4.69) is 5.32 Å². The van der Waals surface area contributed by atoms with E-state index in [0.717, 1.165) is 34.4 Å². The number of nitrogens with one attached hydrogen (secondary N) is 1. The van der Waals surface area contributed by atoms with E-state index >= 15 is 0 Å². The van der Waals surface area contributed by atoms with E-state index in [1.165, 1.54) is 47.2 Å². The molecule has 0 saturated carbocycles. The zero-order valence-corrected chi connectivity index (χ0v) is 16.8. The van der Waals surface area contributed by atoms with Crippen molar-refractivity contribution in [2.24, 2.45) is 0 Å². The Morgan fingerprint density at radius 2 is 2.14 bits per heavy atom. The van der Waals surface area contributed by atoms with Gasteiger partial charge in [-0.15, -0.1) is 23.1 Å². The van der Waals surface area contributed by atoms with Crippen molar-refractivity contribution in [2.75, 3.05) is 11.1 Å². The first-order chi connectivity index (χ1) is 13.6. The van der Waals surface area contributed by atoms with E-state index in [4.69, 9.17) is 15.1 Å². The third kappa shape index (κ3) is 4.28. The molecule has 0 amide bonds. The number of aryl methyl sites for hydroxylation is 2. The molecule has 1 aliphatic carbocycles. The van der Waals surface area contributed by atoms with Crippen molar-refractivity contribution in [1.29, 1.82) is 0 Å². The van der Waals surface area contributed by atoms with Gasteiger partial charge in [-0.3, -0.25) is 4.79 Å². The van der Waals surface area contributed by atoms with Crippen LogP contribution >= 0.6 is 23.1 Å². The van der Waals surface area contributed by atoms with Crippen LogP contribution in [0.3, 0.4) is 0 Å². The molecule has 146 valence electrons. The van der Waals surface area contributed by atoms with Gasteiger partial charge in [-0.2, -0.15) is 0 Å². The van der Waals surface area contributed by atoms with Gasteiger partial charge in [0.2, 0.25) is 0 Å². The topological polar surface area (TPSA) is 75.1 Å². The van der Waals surface area contributed by atoms with Gasteiger partial charge < -0.3 is 10.4 Å². The fraction of sp³-hybridized carbons (Fsp3) is 0.350. The Bertz CT molecular complexity index is 1020. The molecule has 2 N–H and O–H groups in total. The van der Waals surface area contributed by atoms with Gasteiger partial charge in [0.15, 0.2) is 0 Å². The number of hydrogen-bond donors (Lipinski definition) is 2. The molecule has 1 aromatic carbocycles. The quantitative estimate of drug-likeness (QED) is 0.583. The van der Waals surface area contributed by atoms with Crippen LogP contribution in [0.4, 0.5) is 10.2 Å². The molecule has 0 unspecified atom stereocenters. The fourth-order valence-electron chi connectivity index (χ4n) is 3.46. The van der Waals surface area contributed by atoms with Gasteiger partial charge in [-0.1, -0.05) is 12.1 Å². The van der Waals surface area contributed by atoms with E-state index in [-0.39, 0.29) is 11.6 Å². The molecule has 0 radical (unpaired) electrons. The molecular formula is C20H20FN3O2S2. The Labute approximate surface area is 170 Å². The molecule has 5 nitrogen and oxygen atoms in total. The summed E-state index contributed by atoms with van der Waals surface area (Å²) in [5, 5.41) is 13.3. The molecule has 0 fully saturated rings. The second-order valence-electron chi connectivity index (χ2n) is 6.75. The lowest BCUT2D eigenvalue weighted by Gasteiger charge is -2.13. The molecule has 2 aromatic heterocycles. The maximum atomic E-state index is 13.5. The Hall–Kier alpha value is -2.19. The molecule has 4 rings (SSSR count). The highest BCUT2D eigenvalue weighted by atomic mass is 32.2. The number of fused-ring (bicyclic) bond motifs is 3. The average Bonchev–Trinajstić information content (AvgIpc) is 3.04. The largest absolute Gasteiger partial charge is 0.481 e. The second-order valence-corrected chi connectivity index (χ2v) is 8.82. The molecular weight excluding hydrogens is 397 g/mol. The monoisotopic (exact) mass is 417 g/mol. The molecule has 0 aliphatic heterocycles. The second kappa shape index (κ2) is 8.45. The van der Waals surface area contributed by atoms with Crippen LogP contribution < -0.4 is 5.32 Å². The number of hydrogen-bond acceptors (Lipinski definition) is 6. The van der Waals surface area contributed by atoms with Crippen molar-refractivity contribution in [2.45, 2.75) is 38.0 Å². The lowest BCUT2D eigenvalue weighted by molar-refractivity contribution is -0.133. The molecule has 8 heteroatoms. The van der Waals surface area contributed by atoms with Crippen LogP contribution in [0.5, 0.6) is 0 Å². The lowest BCUT2D eigenvalue weighted by atomic mass is 9.97. The van der Waals surface area contributed by atoms with E-state index in [1.807, 2.05) is 6.07 Å². The van der Waals surface area contributed by atoms with Crippen LogP contribution in [0.15, 0.2) is 24.3 Å². The minimum atomic E-state index is -0.845. The highest BCUT2D eigenvalue weighted by molar-refractivity contribution is 7.99. The van der Waals surface area contributed by atoms with Crippen molar-refractivity contribution >= 4 is 45.1 Å². The zero-order chi connectivity index (χ0) is 19.5. The summed E-state index contributed by atoms with van der Waals surface area (Å²) in [5.74, 6) is 0.750. The van der Waals surface area contributed by atoms with E-state index in [0.29, 0.717) is 18.1 Å². The van der Waals surface area contributed by atoms with Crippen LogP contribution in [0.2, 0.25) is 0 Å². The Morgan fingerprint density at radius 1 is 1.29 bits per heavy atom. The van der Waals surface area contributed by atoms with E-state index < -0.39 is 5.97 Å². The van der Waals surface area contributed by atoms with Gasteiger partial charge in [0.1, 0.15) is 22.3 Å². The SMILES string of the molecule is O=C(O)CSCc1nc(NCc2cccc(F)c2)c2c3c(sc2n1)CCCC3. The van der Waals surface area contributed by atoms with Gasteiger partial charge in [-0.25, -0.2) is 14.4 Å². The first-order valence-electron chi connectivity index (χ1n) is 9.19. The number of aliphatic carboxylic acids is 1. The molecule has 3 aromatic rings. The minimum absolute atomic E-state index is 0.0222. The first-order valence-corrected chi connectivity index (χ1v) is 11.2. The van der Waals surface area contributed by atoms with Crippen molar-refractivity contribution in [3.63, 3.8) is 0 Å². The van der Waals surface area contributed by atoms with Gasteiger partial charge in [0.25, 0.3) is 0 Å². The third-order valence-electron chi connectivity index (χ3n) is 4.67. The van der Waals surface area contributed by atoms with Crippen molar-refractivity contribution in [3.05, 3.63) is 51.9 Å². The predicted octanol–water partition coefficient (Wildman–Crippen LogP) is 4.64. The van der Waals surface area contributed by atoms with E-state index in [9.17, 15) is 9.18 Å². The standard InChI is InChI=1S/C20H20FN3O2S2/c21-13-5-3-4-12(8-13)9-22-19-18-14-6-1-2-7-15(14)28-20(18)24-16(23-19)10-27-11-17(25)26/h3-5,8H,1-2,6-7,9-11H2,(H,25,26)(H,22,23,24). The summed E-state index contributed by atoms with van der Waals surface area (Å²) in [7, 11) is 0. The van der Waals surface area contributed by atoms with Gasteiger partial charge in [0.05, 0.1) is 16.9 Å². The summed E-state index contributed by atoms with van der Waals surface area (Å²) in [6.45, 7) is 0.468. The molecule has 28 heavy (non-hydrogen) atoms. The summed E-state index contributed by atoms with van der Waals surface area (Å²) in [4.78, 5) is 22.5. The number of rotatable bonds is 7. The number of thiophene rings is 1. The number of thioether (sulfide) groups is 1. The smallest absolute Gasteiger partial charge is 0.313 e. The minimum Gasteiger partial charge on any atom is -0.481 e. The Morgan fingerprint density at radius 3 is 2.96 bits per heavy atom. The maximum absolute atomic E-state index is 13.5. The van der Waals surface area contributed by atoms with Crippen molar-refractivity contribution in [3.8, 4) is 0 Å². The summed E-state index contributed by atoms with van der Waals surface area (Å²) >= 11 is 3.00.